The standard InChI is InChI=1S/C13H20FNS/c1-4-10(3)16-13-6-5-11(7-9(2)15)8-12(13)14/h5-6,8-10H,4,7,15H2,1-3H3. The summed E-state index contributed by atoms with van der Waals surface area (Å²) in [5, 5.41) is 0.453. The molecule has 1 nitrogen and oxygen atoms in total. The molecule has 2 atom stereocenters. The zero-order valence-electron chi connectivity index (χ0n) is 10.2. The summed E-state index contributed by atoms with van der Waals surface area (Å²) in [5.41, 5.74) is 6.66. The molecule has 1 rings (SSSR count). The second kappa shape index (κ2) is 6.26. The van der Waals surface area contributed by atoms with Crippen LogP contribution in [0.3, 0.4) is 0 Å². The van der Waals surface area contributed by atoms with E-state index >= 15 is 0 Å². The SMILES string of the molecule is CCC(C)Sc1ccc(CC(C)N)cc1F. The van der Waals surface area contributed by atoms with E-state index in [1.54, 1.807) is 17.8 Å². The lowest BCUT2D eigenvalue weighted by Crippen LogP contribution is -2.17. The molecule has 0 amide bonds. The van der Waals surface area contributed by atoms with Gasteiger partial charge in [0.2, 0.25) is 0 Å². The summed E-state index contributed by atoms with van der Waals surface area (Å²) in [4.78, 5) is 0.739. The molecule has 0 aliphatic heterocycles. The fourth-order valence-electron chi connectivity index (χ4n) is 1.44. The molecule has 0 heterocycles. The third-order valence-corrected chi connectivity index (χ3v) is 3.78. The molecule has 0 saturated carbocycles. The molecular formula is C13H20FNS. The summed E-state index contributed by atoms with van der Waals surface area (Å²) >= 11 is 1.59. The Bertz CT molecular complexity index is 339. The molecule has 2 N–H and O–H groups in total. The maximum absolute atomic E-state index is 13.7. The van der Waals surface area contributed by atoms with Crippen LogP contribution < -0.4 is 5.73 Å². The summed E-state index contributed by atoms with van der Waals surface area (Å²) in [6.07, 6.45) is 1.77. The van der Waals surface area contributed by atoms with Gasteiger partial charge in [0.05, 0.1) is 0 Å². The van der Waals surface area contributed by atoms with Crippen LogP contribution in [-0.2, 0) is 6.42 Å². The maximum atomic E-state index is 13.7. The van der Waals surface area contributed by atoms with Crippen molar-refractivity contribution in [2.45, 2.75) is 49.8 Å². The smallest absolute Gasteiger partial charge is 0.137 e. The highest BCUT2D eigenvalue weighted by Crippen LogP contribution is 2.28. The van der Waals surface area contributed by atoms with E-state index in [-0.39, 0.29) is 11.9 Å². The van der Waals surface area contributed by atoms with Gasteiger partial charge in [-0.25, -0.2) is 4.39 Å². The van der Waals surface area contributed by atoms with Crippen LogP contribution in [0.15, 0.2) is 23.1 Å². The molecular weight excluding hydrogens is 221 g/mol. The number of nitrogens with two attached hydrogens (primary N) is 1. The predicted octanol–water partition coefficient (Wildman–Crippen LogP) is 3.61. The van der Waals surface area contributed by atoms with Crippen LogP contribution in [0.1, 0.15) is 32.8 Å². The minimum absolute atomic E-state index is 0.0764. The van der Waals surface area contributed by atoms with Gasteiger partial charge in [-0.1, -0.05) is 19.9 Å². The molecule has 0 spiro atoms. The van der Waals surface area contributed by atoms with Gasteiger partial charge >= 0.3 is 0 Å². The highest BCUT2D eigenvalue weighted by molar-refractivity contribution is 7.99. The van der Waals surface area contributed by atoms with Crippen LogP contribution in [0, 0.1) is 5.82 Å². The molecule has 2 unspecified atom stereocenters. The number of thioether (sulfide) groups is 1. The zero-order valence-corrected chi connectivity index (χ0v) is 11.0. The van der Waals surface area contributed by atoms with Crippen molar-refractivity contribution in [3.8, 4) is 0 Å². The van der Waals surface area contributed by atoms with E-state index in [1.807, 2.05) is 19.1 Å². The molecule has 3 heteroatoms. The number of benzene rings is 1. The fraction of sp³-hybridized carbons (Fsp3) is 0.538. The fourth-order valence-corrected chi connectivity index (χ4v) is 2.36. The molecule has 0 bridgehead atoms. The normalized spacial score (nSPS) is 14.8. The molecule has 1 aromatic rings. The van der Waals surface area contributed by atoms with Crippen molar-refractivity contribution in [3.05, 3.63) is 29.6 Å². The Morgan fingerprint density at radius 2 is 2.06 bits per heavy atom. The van der Waals surface area contributed by atoms with Gasteiger partial charge in [-0.15, -0.1) is 11.8 Å². The van der Waals surface area contributed by atoms with Crippen LogP contribution in [0.4, 0.5) is 4.39 Å². The highest BCUT2D eigenvalue weighted by Gasteiger charge is 2.08. The van der Waals surface area contributed by atoms with E-state index in [4.69, 9.17) is 5.73 Å². The first kappa shape index (κ1) is 13.5. The second-order valence-electron chi connectivity index (χ2n) is 4.28. The van der Waals surface area contributed by atoms with Crippen LogP contribution in [-0.4, -0.2) is 11.3 Å². The van der Waals surface area contributed by atoms with E-state index in [0.717, 1.165) is 23.3 Å². The summed E-state index contributed by atoms with van der Waals surface area (Å²) in [5.74, 6) is -0.122. The van der Waals surface area contributed by atoms with Gasteiger partial charge in [0, 0.05) is 16.2 Å². The van der Waals surface area contributed by atoms with Gasteiger partial charge < -0.3 is 5.73 Å². The second-order valence-corrected chi connectivity index (χ2v) is 5.76. The minimum Gasteiger partial charge on any atom is -0.328 e. The van der Waals surface area contributed by atoms with Gasteiger partial charge in [0.25, 0.3) is 0 Å². The van der Waals surface area contributed by atoms with Gasteiger partial charge in [-0.3, -0.25) is 0 Å². The summed E-state index contributed by atoms with van der Waals surface area (Å²) < 4.78 is 13.7. The molecule has 0 saturated heterocycles. The first-order valence-corrected chi connectivity index (χ1v) is 6.61. The molecule has 0 fully saturated rings. The molecule has 0 aliphatic rings. The molecule has 0 aliphatic carbocycles. The lowest BCUT2D eigenvalue weighted by molar-refractivity contribution is 0.596. The van der Waals surface area contributed by atoms with Gasteiger partial charge in [-0.2, -0.15) is 0 Å². The molecule has 90 valence electrons. The third kappa shape index (κ3) is 4.14. The van der Waals surface area contributed by atoms with Gasteiger partial charge in [0.15, 0.2) is 0 Å². The van der Waals surface area contributed by atoms with Gasteiger partial charge in [-0.05, 0) is 37.5 Å². The third-order valence-electron chi connectivity index (χ3n) is 2.46. The quantitative estimate of drug-likeness (QED) is 0.797. The number of halogens is 1. The first-order chi connectivity index (χ1) is 7.52. The Balaban J connectivity index is 2.75. The van der Waals surface area contributed by atoms with Crippen LogP contribution in [0.2, 0.25) is 0 Å². The first-order valence-electron chi connectivity index (χ1n) is 5.73. The largest absolute Gasteiger partial charge is 0.328 e. The number of hydrogen-bond donors (Lipinski definition) is 1. The van der Waals surface area contributed by atoms with Crippen LogP contribution >= 0.6 is 11.8 Å². The van der Waals surface area contributed by atoms with E-state index in [9.17, 15) is 4.39 Å². The Kier molecular flexibility index (Phi) is 5.29. The number of hydrogen-bond acceptors (Lipinski definition) is 2. The van der Waals surface area contributed by atoms with Crippen molar-refractivity contribution in [3.63, 3.8) is 0 Å². The Hall–Kier alpha value is -0.540. The Morgan fingerprint density at radius 3 is 2.56 bits per heavy atom. The average molecular weight is 241 g/mol. The summed E-state index contributed by atoms with van der Waals surface area (Å²) in [7, 11) is 0. The summed E-state index contributed by atoms with van der Waals surface area (Å²) in [6, 6.07) is 5.52. The van der Waals surface area contributed by atoms with E-state index in [0.29, 0.717) is 5.25 Å². The zero-order chi connectivity index (χ0) is 12.1. The maximum Gasteiger partial charge on any atom is 0.137 e. The predicted molar refractivity (Wildman–Crippen MR) is 69.4 cm³/mol. The van der Waals surface area contributed by atoms with Gasteiger partial charge in [0.1, 0.15) is 5.82 Å². The van der Waals surface area contributed by atoms with Crippen molar-refractivity contribution in [2.24, 2.45) is 5.73 Å². The summed E-state index contributed by atoms with van der Waals surface area (Å²) in [6.45, 7) is 6.15. The van der Waals surface area contributed by atoms with Crippen molar-refractivity contribution in [1.82, 2.24) is 0 Å². The van der Waals surface area contributed by atoms with E-state index in [1.165, 1.54) is 0 Å². The molecule has 0 aromatic heterocycles. The minimum atomic E-state index is -0.122. The van der Waals surface area contributed by atoms with Crippen LogP contribution in [0.5, 0.6) is 0 Å². The number of rotatable bonds is 5. The molecule has 1 aromatic carbocycles. The van der Waals surface area contributed by atoms with Crippen molar-refractivity contribution >= 4 is 11.8 Å². The Morgan fingerprint density at radius 1 is 1.38 bits per heavy atom. The van der Waals surface area contributed by atoms with E-state index in [2.05, 4.69) is 13.8 Å². The molecule has 0 radical (unpaired) electrons. The lowest BCUT2D eigenvalue weighted by Gasteiger charge is -2.11. The lowest BCUT2D eigenvalue weighted by atomic mass is 10.1. The average Bonchev–Trinajstić information content (AvgIpc) is 2.21. The van der Waals surface area contributed by atoms with Crippen LogP contribution in [0.25, 0.3) is 0 Å². The van der Waals surface area contributed by atoms with Crippen molar-refractivity contribution < 1.29 is 4.39 Å². The van der Waals surface area contributed by atoms with E-state index < -0.39 is 0 Å². The highest BCUT2D eigenvalue weighted by atomic mass is 32.2. The molecule has 16 heavy (non-hydrogen) atoms. The topological polar surface area (TPSA) is 26.0 Å². The van der Waals surface area contributed by atoms with Crippen molar-refractivity contribution in [1.29, 1.82) is 0 Å². The Labute approximate surface area is 102 Å². The monoisotopic (exact) mass is 241 g/mol. The van der Waals surface area contributed by atoms with Crippen molar-refractivity contribution in [2.75, 3.05) is 0 Å².